The van der Waals surface area contributed by atoms with Gasteiger partial charge in [-0.3, -0.25) is 9.78 Å². The molecule has 5 heterocycles. The Labute approximate surface area is 217 Å². The Bertz CT molecular complexity index is 1400. The van der Waals surface area contributed by atoms with Gasteiger partial charge in [-0.1, -0.05) is 22.7 Å². The summed E-state index contributed by atoms with van der Waals surface area (Å²) in [6.07, 6.45) is 12.3. The van der Waals surface area contributed by atoms with Crippen molar-refractivity contribution >= 4 is 36.8 Å². The summed E-state index contributed by atoms with van der Waals surface area (Å²) in [5, 5.41) is 9.93. The minimum absolute atomic E-state index is 0.0782. The molecule has 1 N–H and O–H groups in total. The van der Waals surface area contributed by atoms with Gasteiger partial charge in [-0.2, -0.15) is 0 Å². The summed E-state index contributed by atoms with van der Waals surface area (Å²) < 4.78 is 9.80. The van der Waals surface area contributed by atoms with Gasteiger partial charge in [-0.25, -0.2) is 9.99 Å². The van der Waals surface area contributed by atoms with Gasteiger partial charge in [0.15, 0.2) is 0 Å². The van der Waals surface area contributed by atoms with Crippen LogP contribution in [0.5, 0.6) is 0 Å². The second-order valence-electron chi connectivity index (χ2n) is 8.35. The number of pyridine rings is 1. The van der Waals surface area contributed by atoms with Crippen LogP contribution < -0.4 is 0 Å². The van der Waals surface area contributed by atoms with Crippen molar-refractivity contribution in [3.05, 3.63) is 83.2 Å². The van der Waals surface area contributed by atoms with E-state index in [2.05, 4.69) is 48.1 Å². The van der Waals surface area contributed by atoms with Crippen LogP contribution in [-0.4, -0.2) is 52.9 Å². The number of H-pyrrole nitrogens is 1. The van der Waals surface area contributed by atoms with E-state index in [1.54, 1.807) is 22.4 Å². The highest BCUT2D eigenvalue weighted by Gasteiger charge is 2.35. The average molecular weight is 539 g/mol. The zero-order valence-electron chi connectivity index (χ0n) is 19.4. The molecule has 5 rings (SSSR count). The highest BCUT2D eigenvalue weighted by molar-refractivity contribution is 7.47. The predicted molar refractivity (Wildman–Crippen MR) is 143 cm³/mol. The first kappa shape index (κ1) is 24.6. The van der Waals surface area contributed by atoms with Gasteiger partial charge in [0.25, 0.3) is 5.89 Å². The molecule has 184 valence electrons. The predicted octanol–water partition coefficient (Wildman–Crippen LogP) is 3.65. The molecule has 2 unspecified atom stereocenters. The topological polar surface area (TPSA) is 116 Å². The number of aromatic amines is 1. The van der Waals surface area contributed by atoms with E-state index in [1.807, 2.05) is 43.4 Å². The van der Waals surface area contributed by atoms with Gasteiger partial charge in [-0.15, -0.1) is 28.7 Å². The Hall–Kier alpha value is -3.13. The summed E-state index contributed by atoms with van der Waals surface area (Å²) in [5.74, 6) is -0.212. The molecule has 13 heteroatoms. The van der Waals surface area contributed by atoms with Crippen LogP contribution in [0.3, 0.4) is 0 Å². The van der Waals surface area contributed by atoms with Crippen molar-refractivity contribution in [2.45, 2.75) is 31.2 Å². The zero-order valence-corrected chi connectivity index (χ0v) is 22.5. The van der Waals surface area contributed by atoms with E-state index in [0.717, 1.165) is 28.3 Å². The number of fused-ring (bicyclic) bond motifs is 1. The lowest BCUT2D eigenvalue weighted by Crippen LogP contribution is -2.40. The van der Waals surface area contributed by atoms with E-state index >= 15 is 0 Å². The fraction of sp³-hybridized carbons (Fsp3) is 0.261. The Kier molecular flexibility index (Phi) is 7.14. The van der Waals surface area contributed by atoms with E-state index in [0.29, 0.717) is 25.1 Å². The van der Waals surface area contributed by atoms with Crippen molar-refractivity contribution in [3.63, 3.8) is 0 Å². The van der Waals surface area contributed by atoms with E-state index in [9.17, 15) is 4.79 Å². The lowest BCUT2D eigenvalue weighted by atomic mass is 9.98. The third-order valence-corrected chi connectivity index (χ3v) is 6.97. The first-order chi connectivity index (χ1) is 17.5. The molecule has 10 nitrogen and oxygen atoms in total. The van der Waals surface area contributed by atoms with Crippen molar-refractivity contribution in [2.24, 2.45) is 4.47 Å². The number of carbonyl (C=O) groups excluding carboxylic acids is 1. The quantitative estimate of drug-likeness (QED) is 0.473. The van der Waals surface area contributed by atoms with Crippen LogP contribution in [0.1, 0.15) is 40.1 Å². The molecule has 2 aliphatic heterocycles. The Balaban J connectivity index is 1.43. The molecule has 0 radical (unpaired) electrons. The SMILES string of the molecule is Cc1cccnc1-c1nnc(C(=O)N2CCc3[nH]cnc3[C@@H]2C/C=C2/C=CC=C(C(P)P)N2N=S)o1. The van der Waals surface area contributed by atoms with Crippen molar-refractivity contribution in [3.8, 4) is 11.6 Å². The maximum absolute atomic E-state index is 13.6. The number of hydrogen-bond acceptors (Lipinski definition) is 8. The number of nitrogens with zero attached hydrogens (tertiary/aromatic N) is 7. The second kappa shape index (κ2) is 10.5. The lowest BCUT2D eigenvalue weighted by molar-refractivity contribution is 0.0616. The van der Waals surface area contributed by atoms with Crippen molar-refractivity contribution in [1.29, 1.82) is 0 Å². The van der Waals surface area contributed by atoms with Crippen LogP contribution >= 0.6 is 18.5 Å². The second-order valence-corrected chi connectivity index (χ2v) is 10.7. The van der Waals surface area contributed by atoms with E-state index in [-0.39, 0.29) is 29.1 Å². The average Bonchev–Trinajstić information content (AvgIpc) is 3.57. The first-order valence-electron chi connectivity index (χ1n) is 11.3. The Morgan fingerprint density at radius 1 is 1.39 bits per heavy atom. The Morgan fingerprint density at radius 3 is 3.03 bits per heavy atom. The minimum atomic E-state index is -0.348. The lowest BCUT2D eigenvalue weighted by Gasteiger charge is -2.34. The number of hydrogen-bond donors (Lipinski definition) is 1. The van der Waals surface area contributed by atoms with E-state index in [4.69, 9.17) is 16.8 Å². The highest BCUT2D eigenvalue weighted by atomic mass is 32.1. The normalized spacial score (nSPS) is 18.5. The summed E-state index contributed by atoms with van der Waals surface area (Å²) >= 11 is 5.05. The molecule has 0 spiro atoms. The molecule has 0 saturated heterocycles. The monoisotopic (exact) mass is 538 g/mol. The molecule has 0 bridgehead atoms. The summed E-state index contributed by atoms with van der Waals surface area (Å²) in [6, 6.07) is 3.40. The van der Waals surface area contributed by atoms with Gasteiger partial charge >= 0.3 is 11.8 Å². The number of carbonyl (C=O) groups is 1. The van der Waals surface area contributed by atoms with Crippen molar-refractivity contribution in [1.82, 2.24) is 35.1 Å². The van der Waals surface area contributed by atoms with Crippen LogP contribution in [-0.2, 0) is 18.8 Å². The molecular formula is C23H24N8O2P2S. The number of nitrogens with one attached hydrogen (secondary N) is 1. The summed E-state index contributed by atoms with van der Waals surface area (Å²) in [4.78, 5) is 27.3. The summed E-state index contributed by atoms with van der Waals surface area (Å²) in [7, 11) is 5.45. The Morgan fingerprint density at radius 2 is 2.25 bits per heavy atom. The standard InChI is InChI=1S/C23H24N8O2P2S/c1-13-4-3-10-24-18(13)20-27-28-21(33-20)22(32)30-11-9-15-19(26-12-25-15)16(30)8-7-14-5-2-6-17(23(34)35)31(14)29-36/h2-7,10,12,16,23H,8-9,11,34-35H2,1H3,(H,25,26)/b14-7-/t16-/m0/s1. The number of amides is 1. The van der Waals surface area contributed by atoms with Crippen LogP contribution in [0.25, 0.3) is 11.6 Å². The van der Waals surface area contributed by atoms with Crippen LogP contribution in [0.4, 0.5) is 0 Å². The molecule has 2 aliphatic rings. The smallest absolute Gasteiger partial charge is 0.312 e. The minimum Gasteiger partial charge on any atom is -0.411 e. The zero-order chi connectivity index (χ0) is 25.2. The fourth-order valence-corrected chi connectivity index (χ4v) is 5.04. The van der Waals surface area contributed by atoms with Crippen molar-refractivity contribution in [2.75, 3.05) is 6.54 Å². The largest absolute Gasteiger partial charge is 0.411 e. The van der Waals surface area contributed by atoms with Gasteiger partial charge in [0.05, 0.1) is 41.9 Å². The number of allylic oxidation sites excluding steroid dienone is 4. The van der Waals surface area contributed by atoms with Gasteiger partial charge in [0.1, 0.15) is 5.69 Å². The van der Waals surface area contributed by atoms with Crippen LogP contribution in [0.15, 0.2) is 69.2 Å². The summed E-state index contributed by atoms with van der Waals surface area (Å²) in [5.41, 5.74) is 5.04. The molecule has 0 fully saturated rings. The molecule has 36 heavy (non-hydrogen) atoms. The molecule has 3 aromatic heterocycles. The highest BCUT2D eigenvalue weighted by Crippen LogP contribution is 2.35. The van der Waals surface area contributed by atoms with E-state index < -0.39 is 0 Å². The van der Waals surface area contributed by atoms with Gasteiger partial charge in [0, 0.05) is 30.3 Å². The number of imidazole rings is 1. The molecule has 3 aromatic rings. The van der Waals surface area contributed by atoms with Crippen LogP contribution in [0, 0.1) is 6.92 Å². The summed E-state index contributed by atoms with van der Waals surface area (Å²) in [6.45, 7) is 2.38. The number of rotatable bonds is 6. The third kappa shape index (κ3) is 4.66. The fourth-order valence-electron chi connectivity index (χ4n) is 4.34. The van der Waals surface area contributed by atoms with Gasteiger partial charge in [-0.05, 0) is 37.1 Å². The van der Waals surface area contributed by atoms with Gasteiger partial charge in [0.2, 0.25) is 0 Å². The number of aromatic nitrogens is 5. The van der Waals surface area contributed by atoms with Crippen molar-refractivity contribution < 1.29 is 9.21 Å². The first-order valence-corrected chi connectivity index (χ1v) is 13.0. The van der Waals surface area contributed by atoms with Gasteiger partial charge < -0.3 is 14.3 Å². The molecule has 1 amide bonds. The molecule has 0 saturated carbocycles. The molecule has 3 atom stereocenters. The molecule has 0 aliphatic carbocycles. The van der Waals surface area contributed by atoms with E-state index in [1.165, 1.54) is 0 Å². The maximum Gasteiger partial charge on any atom is 0.312 e. The molecular weight excluding hydrogens is 514 g/mol. The molecule has 0 aromatic carbocycles. The number of aryl methyl sites for hydroxylation is 1. The third-order valence-electron chi connectivity index (χ3n) is 6.12. The maximum atomic E-state index is 13.6. The van der Waals surface area contributed by atoms with Crippen LogP contribution in [0.2, 0.25) is 0 Å².